The Labute approximate surface area is 170 Å². The molecule has 7 nitrogen and oxygen atoms in total. The largest absolute Gasteiger partial charge is 0.502 e. The predicted molar refractivity (Wildman–Crippen MR) is 116 cm³/mol. The van der Waals surface area contributed by atoms with E-state index in [-0.39, 0.29) is 23.2 Å². The monoisotopic (exact) mass is 396 g/mol. The molecular formula is C22H26N3O4+. The first-order chi connectivity index (χ1) is 13.7. The van der Waals surface area contributed by atoms with E-state index in [9.17, 15) is 9.90 Å². The van der Waals surface area contributed by atoms with Gasteiger partial charge >= 0.3 is 0 Å². The maximum atomic E-state index is 13.0. The third-order valence-electron chi connectivity index (χ3n) is 4.72. The molecule has 0 fully saturated rings. The van der Waals surface area contributed by atoms with Gasteiger partial charge in [0.15, 0.2) is 11.5 Å². The molecule has 1 N–H and O–H groups in total. The number of aliphatic imine (C=N–C) groups is 1. The Kier molecular flexibility index (Phi) is 5.35. The molecule has 29 heavy (non-hydrogen) atoms. The summed E-state index contributed by atoms with van der Waals surface area (Å²) in [5.74, 6) is 0.808. The summed E-state index contributed by atoms with van der Waals surface area (Å²) < 4.78 is 11.0. The second-order valence-electron chi connectivity index (χ2n) is 7.63. The highest BCUT2D eigenvalue weighted by molar-refractivity contribution is 6.28. The maximum Gasteiger partial charge on any atom is 0.282 e. The minimum Gasteiger partial charge on any atom is -0.502 e. The molecule has 2 aromatic carbocycles. The van der Waals surface area contributed by atoms with E-state index in [2.05, 4.69) is 26.1 Å². The van der Waals surface area contributed by atoms with Crippen LogP contribution in [-0.2, 0) is 4.79 Å². The lowest BCUT2D eigenvalue weighted by molar-refractivity contribution is -0.113. The van der Waals surface area contributed by atoms with Crippen molar-refractivity contribution in [3.8, 4) is 17.2 Å². The Morgan fingerprint density at radius 1 is 1.03 bits per heavy atom. The minimum absolute atomic E-state index is 0.0893. The van der Waals surface area contributed by atoms with Crippen LogP contribution in [0.25, 0.3) is 6.08 Å². The summed E-state index contributed by atoms with van der Waals surface area (Å²) in [4.78, 5) is 19.0. The maximum absolute atomic E-state index is 13.0. The highest BCUT2D eigenvalue weighted by Crippen LogP contribution is 2.38. The molecule has 0 saturated heterocycles. The number of amides is 1. The van der Waals surface area contributed by atoms with Crippen molar-refractivity contribution in [2.75, 3.05) is 40.3 Å². The van der Waals surface area contributed by atoms with E-state index in [1.807, 2.05) is 24.3 Å². The fourth-order valence-corrected chi connectivity index (χ4v) is 3.14. The molecule has 1 amide bonds. The summed E-state index contributed by atoms with van der Waals surface area (Å²) in [5, 5.41) is 10.1. The molecule has 0 bridgehead atoms. The Balaban J connectivity index is 1.94. The van der Waals surface area contributed by atoms with Crippen LogP contribution in [0.3, 0.4) is 0 Å². The number of rotatable bonds is 5. The normalized spacial score (nSPS) is 15.7. The lowest BCUT2D eigenvalue weighted by Gasteiger charge is -2.24. The van der Waals surface area contributed by atoms with Crippen LogP contribution in [0.4, 0.5) is 11.4 Å². The molecule has 0 aromatic heterocycles. The quantitative estimate of drug-likeness (QED) is 0.621. The van der Waals surface area contributed by atoms with Crippen molar-refractivity contribution >= 4 is 29.2 Å². The number of amidine groups is 1. The van der Waals surface area contributed by atoms with Gasteiger partial charge < -0.3 is 14.6 Å². The molecular weight excluding hydrogens is 370 g/mol. The van der Waals surface area contributed by atoms with E-state index in [1.165, 1.54) is 14.2 Å². The van der Waals surface area contributed by atoms with Crippen molar-refractivity contribution in [3.63, 3.8) is 0 Å². The Bertz CT molecular complexity index is 977. The third kappa shape index (κ3) is 3.95. The number of phenols is 1. The van der Waals surface area contributed by atoms with Crippen LogP contribution < -0.4 is 18.9 Å². The number of hydrogen-bond donors (Lipinski definition) is 1. The van der Waals surface area contributed by atoms with Gasteiger partial charge in [-0.25, -0.2) is 4.99 Å². The van der Waals surface area contributed by atoms with Crippen LogP contribution in [0.15, 0.2) is 47.1 Å². The summed E-state index contributed by atoms with van der Waals surface area (Å²) in [5.41, 5.74) is 2.83. The predicted octanol–water partition coefficient (Wildman–Crippen LogP) is 3.41. The lowest BCUT2D eigenvalue weighted by atomic mass is 10.1. The number of carbonyl (C=O) groups excluding carboxylic acids is 1. The van der Waals surface area contributed by atoms with Gasteiger partial charge in [-0.15, -0.1) is 0 Å². The average Bonchev–Trinajstić information content (AvgIpc) is 2.95. The van der Waals surface area contributed by atoms with Crippen molar-refractivity contribution in [1.29, 1.82) is 0 Å². The van der Waals surface area contributed by atoms with Gasteiger partial charge in [0.05, 0.1) is 41.0 Å². The fourth-order valence-electron chi connectivity index (χ4n) is 3.14. The number of hydrogen-bond acceptors (Lipinski definition) is 5. The lowest BCUT2D eigenvalue weighted by Crippen LogP contribution is -2.35. The van der Waals surface area contributed by atoms with Crippen LogP contribution in [0.2, 0.25) is 0 Å². The Morgan fingerprint density at radius 3 is 2.07 bits per heavy atom. The van der Waals surface area contributed by atoms with Crippen LogP contribution in [0.5, 0.6) is 17.2 Å². The molecule has 1 aliphatic heterocycles. The molecule has 0 atom stereocenters. The molecule has 0 saturated carbocycles. The van der Waals surface area contributed by atoms with E-state index in [0.29, 0.717) is 21.6 Å². The fraction of sp³-hybridized carbons (Fsp3) is 0.273. The van der Waals surface area contributed by atoms with Crippen molar-refractivity contribution in [1.82, 2.24) is 4.48 Å². The first-order valence-electron chi connectivity index (χ1n) is 9.14. The molecule has 2 aromatic rings. The van der Waals surface area contributed by atoms with E-state index in [1.54, 1.807) is 30.0 Å². The number of methoxy groups -OCH3 is 2. The van der Waals surface area contributed by atoms with Gasteiger partial charge in [-0.2, -0.15) is 0 Å². The summed E-state index contributed by atoms with van der Waals surface area (Å²) in [6.45, 7) is 1.80. The molecule has 7 heteroatoms. The summed E-state index contributed by atoms with van der Waals surface area (Å²) in [6, 6.07) is 11.1. The summed E-state index contributed by atoms with van der Waals surface area (Å²) >= 11 is 0. The van der Waals surface area contributed by atoms with Gasteiger partial charge in [-0.05, 0) is 42.8 Å². The zero-order valence-corrected chi connectivity index (χ0v) is 17.6. The Hall–Kier alpha value is -3.32. The SMILES string of the molecule is COc1cc(/C=C2\N=C(C)N(c3ccc([N+](C)(C)C)cc3)C2=O)cc(OC)c1O. The molecule has 0 spiro atoms. The van der Waals surface area contributed by atoms with Gasteiger partial charge in [0, 0.05) is 12.1 Å². The topological polar surface area (TPSA) is 71.4 Å². The molecule has 1 heterocycles. The first-order valence-corrected chi connectivity index (χ1v) is 9.14. The zero-order chi connectivity index (χ0) is 21.3. The standard InChI is InChI=1S/C22H25N3O4/c1-14-23-18(11-15-12-19(28-5)21(26)20(13-15)29-6)22(27)24(14)16-7-9-17(10-8-16)25(2,3)4/h7-13H,1-6H3/p+1. The Morgan fingerprint density at radius 2 is 1.59 bits per heavy atom. The number of phenolic OH excluding ortho intramolecular Hbond substituents is 1. The van der Waals surface area contributed by atoms with Crippen LogP contribution >= 0.6 is 0 Å². The van der Waals surface area contributed by atoms with E-state index in [4.69, 9.17) is 9.47 Å². The first kappa shape index (κ1) is 20.4. The molecule has 152 valence electrons. The van der Waals surface area contributed by atoms with Gasteiger partial charge in [-0.1, -0.05) is 0 Å². The van der Waals surface area contributed by atoms with Gasteiger partial charge in [0.25, 0.3) is 5.91 Å². The van der Waals surface area contributed by atoms with Crippen LogP contribution in [-0.4, -0.2) is 52.2 Å². The van der Waals surface area contributed by atoms with Crippen LogP contribution in [0.1, 0.15) is 12.5 Å². The second-order valence-corrected chi connectivity index (χ2v) is 7.63. The molecule has 0 aliphatic carbocycles. The summed E-state index contributed by atoms with van der Waals surface area (Å²) in [7, 11) is 9.17. The van der Waals surface area contributed by atoms with Crippen LogP contribution in [0, 0.1) is 0 Å². The van der Waals surface area contributed by atoms with E-state index in [0.717, 1.165) is 11.4 Å². The molecule has 3 rings (SSSR count). The van der Waals surface area contributed by atoms with Crippen molar-refractivity contribution < 1.29 is 19.4 Å². The number of quaternary nitrogens is 1. The highest BCUT2D eigenvalue weighted by Gasteiger charge is 2.29. The van der Waals surface area contributed by atoms with Gasteiger partial charge in [-0.3, -0.25) is 14.2 Å². The number of ether oxygens (including phenoxy) is 2. The smallest absolute Gasteiger partial charge is 0.282 e. The van der Waals surface area contributed by atoms with Gasteiger partial charge in [0.2, 0.25) is 5.75 Å². The highest BCUT2D eigenvalue weighted by atomic mass is 16.5. The van der Waals surface area contributed by atoms with E-state index < -0.39 is 0 Å². The van der Waals surface area contributed by atoms with Crippen molar-refractivity contribution in [2.45, 2.75) is 6.92 Å². The summed E-state index contributed by atoms with van der Waals surface area (Å²) in [6.07, 6.45) is 1.65. The number of nitrogens with zero attached hydrogens (tertiary/aromatic N) is 3. The number of anilines is 1. The number of aromatic hydroxyl groups is 1. The average molecular weight is 396 g/mol. The zero-order valence-electron chi connectivity index (χ0n) is 17.6. The molecule has 0 unspecified atom stereocenters. The minimum atomic E-state index is -0.216. The van der Waals surface area contributed by atoms with Gasteiger partial charge in [0.1, 0.15) is 17.2 Å². The molecule has 1 aliphatic rings. The van der Waals surface area contributed by atoms with E-state index >= 15 is 0 Å². The third-order valence-corrected chi connectivity index (χ3v) is 4.72. The number of benzene rings is 2. The molecule has 0 radical (unpaired) electrons. The second kappa shape index (κ2) is 7.60. The van der Waals surface area contributed by atoms with Crippen molar-refractivity contribution in [3.05, 3.63) is 47.7 Å². The number of carbonyl (C=O) groups is 1. The van der Waals surface area contributed by atoms with Crippen molar-refractivity contribution in [2.24, 2.45) is 4.99 Å².